The van der Waals surface area contributed by atoms with E-state index in [1.807, 2.05) is 60.7 Å². The van der Waals surface area contributed by atoms with Crippen molar-refractivity contribution in [2.75, 3.05) is 19.3 Å². The molecule has 0 aliphatic carbocycles. The van der Waals surface area contributed by atoms with Crippen LogP contribution >= 0.6 is 0 Å². The highest BCUT2D eigenvalue weighted by Gasteiger charge is 2.30. The van der Waals surface area contributed by atoms with Crippen molar-refractivity contribution in [3.63, 3.8) is 0 Å². The Morgan fingerprint density at radius 2 is 2.00 bits per heavy atom. The molecular formula is C24H31N5O3S. The molecule has 0 radical (unpaired) electrons. The molecule has 8 nitrogen and oxygen atoms in total. The number of sulfonamides is 1. The molecule has 0 saturated carbocycles. The van der Waals surface area contributed by atoms with E-state index in [4.69, 9.17) is 4.98 Å². The van der Waals surface area contributed by atoms with Crippen LogP contribution in [0.2, 0.25) is 0 Å². The van der Waals surface area contributed by atoms with Crippen LogP contribution in [0.5, 0.6) is 0 Å². The number of pyridine rings is 1. The van der Waals surface area contributed by atoms with E-state index in [1.54, 1.807) is 6.20 Å². The number of nitrogens with one attached hydrogen (secondary N) is 1. The van der Waals surface area contributed by atoms with Crippen molar-refractivity contribution in [2.45, 2.75) is 52.1 Å². The smallest absolute Gasteiger partial charge is 0.255 e. The van der Waals surface area contributed by atoms with Gasteiger partial charge in [-0.3, -0.25) is 4.79 Å². The van der Waals surface area contributed by atoms with E-state index >= 15 is 0 Å². The summed E-state index contributed by atoms with van der Waals surface area (Å²) in [6.45, 7) is 6.91. The van der Waals surface area contributed by atoms with Crippen LogP contribution in [0.25, 0.3) is 22.3 Å². The molecule has 1 unspecified atom stereocenters. The van der Waals surface area contributed by atoms with Gasteiger partial charge in [-0.05, 0) is 51.7 Å². The van der Waals surface area contributed by atoms with Gasteiger partial charge in [0.05, 0.1) is 29.1 Å². The fourth-order valence-electron chi connectivity index (χ4n) is 4.45. The number of benzene rings is 1. The molecule has 9 heteroatoms. The van der Waals surface area contributed by atoms with Gasteiger partial charge in [-0.1, -0.05) is 24.3 Å². The Morgan fingerprint density at radius 1 is 1.24 bits per heavy atom. The molecule has 1 saturated heterocycles. The highest BCUT2D eigenvalue weighted by Crippen LogP contribution is 2.30. The Labute approximate surface area is 195 Å². The van der Waals surface area contributed by atoms with Crippen LogP contribution in [0, 0.1) is 6.92 Å². The summed E-state index contributed by atoms with van der Waals surface area (Å²) in [5.41, 5.74) is 4.01. The minimum atomic E-state index is -3.34. The monoisotopic (exact) mass is 469 g/mol. The number of hydrogen-bond acceptors (Lipinski definition) is 5. The molecule has 0 bridgehead atoms. The number of likely N-dealkylation sites (tertiary alicyclic amines) is 1. The molecule has 1 fully saturated rings. The van der Waals surface area contributed by atoms with Gasteiger partial charge in [0, 0.05) is 30.7 Å². The Morgan fingerprint density at radius 3 is 2.70 bits per heavy atom. The largest absolute Gasteiger partial charge is 0.334 e. The fourth-order valence-corrected chi connectivity index (χ4v) is 4.95. The molecule has 1 aliphatic rings. The normalized spacial score (nSPS) is 17.1. The Hall–Kier alpha value is -2.78. The molecule has 1 atom stereocenters. The Balaban J connectivity index is 1.81. The van der Waals surface area contributed by atoms with E-state index in [9.17, 15) is 13.2 Å². The highest BCUT2D eigenvalue weighted by molar-refractivity contribution is 7.88. The van der Waals surface area contributed by atoms with Crippen LogP contribution in [-0.2, 0) is 10.0 Å². The molecule has 176 valence electrons. The van der Waals surface area contributed by atoms with E-state index in [1.165, 1.54) is 0 Å². The van der Waals surface area contributed by atoms with Crippen LogP contribution in [0.4, 0.5) is 0 Å². The maximum absolute atomic E-state index is 13.9. The molecule has 3 heterocycles. The van der Waals surface area contributed by atoms with Gasteiger partial charge in [0.25, 0.3) is 5.91 Å². The number of rotatable bonds is 6. The molecule has 1 amide bonds. The molecular weight excluding hydrogens is 438 g/mol. The fraction of sp³-hybridized carbons (Fsp3) is 0.458. The predicted octanol–water partition coefficient (Wildman–Crippen LogP) is 3.53. The van der Waals surface area contributed by atoms with Crippen molar-refractivity contribution in [1.29, 1.82) is 0 Å². The molecule has 3 aromatic rings. The minimum absolute atomic E-state index is 0.0896. The average Bonchev–Trinajstić information content (AvgIpc) is 3.21. The number of carbonyl (C=O) groups excluding carboxylic acids is 1. The Bertz CT molecular complexity index is 1280. The average molecular weight is 470 g/mol. The van der Waals surface area contributed by atoms with Gasteiger partial charge in [-0.15, -0.1) is 0 Å². The predicted molar refractivity (Wildman–Crippen MR) is 130 cm³/mol. The van der Waals surface area contributed by atoms with Gasteiger partial charge in [-0.2, -0.15) is 5.10 Å². The lowest BCUT2D eigenvalue weighted by atomic mass is 9.98. The van der Waals surface area contributed by atoms with Crippen LogP contribution in [0.15, 0.2) is 36.5 Å². The van der Waals surface area contributed by atoms with Gasteiger partial charge < -0.3 is 4.90 Å². The summed E-state index contributed by atoms with van der Waals surface area (Å²) in [5, 5.41) is 5.23. The summed E-state index contributed by atoms with van der Waals surface area (Å²) < 4.78 is 27.7. The second-order valence-corrected chi connectivity index (χ2v) is 10.9. The van der Waals surface area contributed by atoms with Crippen LogP contribution in [0.1, 0.15) is 55.1 Å². The van der Waals surface area contributed by atoms with Gasteiger partial charge >= 0.3 is 0 Å². The SMILES string of the molecule is Cc1ccccc1-c1cc(C(=O)N2CCCCC2CNS(C)(=O)=O)c2cnn(C(C)C)c2n1. The topological polar surface area (TPSA) is 97.2 Å². The molecule has 1 aromatic carbocycles. The lowest BCUT2D eigenvalue weighted by molar-refractivity contribution is 0.0621. The maximum Gasteiger partial charge on any atom is 0.255 e. The van der Waals surface area contributed by atoms with E-state index in [2.05, 4.69) is 9.82 Å². The number of hydrogen-bond donors (Lipinski definition) is 1. The van der Waals surface area contributed by atoms with Crippen molar-refractivity contribution in [3.8, 4) is 11.3 Å². The maximum atomic E-state index is 13.9. The molecule has 0 spiro atoms. The summed E-state index contributed by atoms with van der Waals surface area (Å²) >= 11 is 0. The first-order valence-corrected chi connectivity index (χ1v) is 13.2. The van der Waals surface area contributed by atoms with Crippen molar-refractivity contribution in [1.82, 2.24) is 24.4 Å². The summed E-state index contributed by atoms with van der Waals surface area (Å²) in [7, 11) is -3.34. The number of aryl methyl sites for hydroxylation is 1. The zero-order valence-electron chi connectivity index (χ0n) is 19.6. The number of piperidine rings is 1. The van der Waals surface area contributed by atoms with Crippen LogP contribution in [0.3, 0.4) is 0 Å². The number of fused-ring (bicyclic) bond motifs is 1. The zero-order chi connectivity index (χ0) is 23.8. The first-order chi connectivity index (χ1) is 15.7. The summed E-state index contributed by atoms with van der Waals surface area (Å²) in [6.07, 6.45) is 5.48. The summed E-state index contributed by atoms with van der Waals surface area (Å²) in [6, 6.07) is 9.74. The summed E-state index contributed by atoms with van der Waals surface area (Å²) in [5.74, 6) is -0.111. The number of amides is 1. The third-order valence-electron chi connectivity index (χ3n) is 6.18. The van der Waals surface area contributed by atoms with Crippen molar-refractivity contribution in [3.05, 3.63) is 47.7 Å². The second kappa shape index (κ2) is 9.23. The van der Waals surface area contributed by atoms with Gasteiger partial charge in [0.2, 0.25) is 10.0 Å². The van der Waals surface area contributed by atoms with E-state index in [0.29, 0.717) is 23.1 Å². The second-order valence-electron chi connectivity index (χ2n) is 9.06. The van der Waals surface area contributed by atoms with Gasteiger partial charge in [0.1, 0.15) is 0 Å². The summed E-state index contributed by atoms with van der Waals surface area (Å²) in [4.78, 5) is 20.6. The first kappa shape index (κ1) is 23.4. The molecule has 1 N–H and O–H groups in total. The molecule has 4 rings (SSSR count). The van der Waals surface area contributed by atoms with Gasteiger partial charge in [0.15, 0.2) is 5.65 Å². The van der Waals surface area contributed by atoms with Crippen LogP contribution in [-0.4, -0.2) is 59.4 Å². The third-order valence-corrected chi connectivity index (χ3v) is 6.87. The molecule has 33 heavy (non-hydrogen) atoms. The number of aromatic nitrogens is 3. The van der Waals surface area contributed by atoms with E-state index in [0.717, 1.165) is 42.3 Å². The number of carbonyl (C=O) groups is 1. The highest BCUT2D eigenvalue weighted by atomic mass is 32.2. The molecule has 1 aliphatic heterocycles. The minimum Gasteiger partial charge on any atom is -0.334 e. The number of nitrogens with zero attached hydrogens (tertiary/aromatic N) is 4. The van der Waals surface area contributed by atoms with E-state index < -0.39 is 10.0 Å². The standard InChI is InChI=1S/C24H31N5O3S/c1-16(2)29-23-21(15-25-29)20(13-22(27-23)19-11-6-5-9-17(19)3)24(30)28-12-8-7-10-18(28)14-26-33(4,31)32/h5-6,9,11,13,15-16,18,26H,7-8,10,12,14H2,1-4H3. The lowest BCUT2D eigenvalue weighted by Crippen LogP contribution is -2.49. The third kappa shape index (κ3) is 4.94. The zero-order valence-corrected chi connectivity index (χ0v) is 20.4. The Kier molecular flexibility index (Phi) is 6.54. The van der Waals surface area contributed by atoms with Crippen LogP contribution < -0.4 is 4.72 Å². The molecule has 2 aromatic heterocycles. The van der Waals surface area contributed by atoms with Gasteiger partial charge in [-0.25, -0.2) is 22.8 Å². The van der Waals surface area contributed by atoms with E-state index in [-0.39, 0.29) is 24.5 Å². The first-order valence-electron chi connectivity index (χ1n) is 11.4. The van der Waals surface area contributed by atoms with Crippen molar-refractivity contribution in [2.24, 2.45) is 0 Å². The lowest BCUT2D eigenvalue weighted by Gasteiger charge is -2.36. The quantitative estimate of drug-likeness (QED) is 0.596. The van der Waals surface area contributed by atoms with Crippen molar-refractivity contribution < 1.29 is 13.2 Å². The van der Waals surface area contributed by atoms with Crippen molar-refractivity contribution >= 4 is 27.0 Å².